The quantitative estimate of drug-likeness (QED) is 0.674. The highest BCUT2D eigenvalue weighted by molar-refractivity contribution is 4.97. The first-order valence-electron chi connectivity index (χ1n) is 5.99. The third-order valence-corrected chi connectivity index (χ3v) is 3.76. The van der Waals surface area contributed by atoms with E-state index in [4.69, 9.17) is 0 Å². The molecule has 3 rings (SSSR count). The Morgan fingerprint density at radius 3 is 2.43 bits per heavy atom. The topological polar surface area (TPSA) is 35.5 Å². The van der Waals surface area contributed by atoms with Crippen molar-refractivity contribution in [3.8, 4) is 0 Å². The van der Waals surface area contributed by atoms with Gasteiger partial charge in [-0.15, -0.1) is 0 Å². The molecule has 2 N–H and O–H groups in total. The monoisotopic (exact) mass is 196 g/mol. The molecule has 1 saturated heterocycles. The Kier molecular flexibility index (Phi) is 2.26. The molecule has 0 radical (unpaired) electrons. The van der Waals surface area contributed by atoms with Crippen LogP contribution in [0.5, 0.6) is 0 Å². The fourth-order valence-electron chi connectivity index (χ4n) is 2.55. The Balaban J connectivity index is 1.63. The number of β-amino-alcohol motifs (C(OH)–C–C–N with tert-alkyl or cyclic N) is 1. The van der Waals surface area contributed by atoms with Crippen molar-refractivity contribution in [1.82, 2.24) is 10.2 Å². The zero-order valence-corrected chi connectivity index (χ0v) is 8.65. The van der Waals surface area contributed by atoms with E-state index in [0.29, 0.717) is 6.04 Å². The van der Waals surface area contributed by atoms with E-state index in [1.54, 1.807) is 0 Å². The van der Waals surface area contributed by atoms with Gasteiger partial charge in [-0.3, -0.25) is 4.90 Å². The largest absolute Gasteiger partial charge is 0.390 e. The third kappa shape index (κ3) is 1.81. The van der Waals surface area contributed by atoms with E-state index >= 15 is 0 Å². The van der Waals surface area contributed by atoms with E-state index < -0.39 is 0 Å². The Labute approximate surface area is 85.5 Å². The number of hydrogen-bond acceptors (Lipinski definition) is 3. The smallest absolute Gasteiger partial charge is 0.0831 e. The number of nitrogens with zero attached hydrogens (tertiary/aromatic N) is 1. The summed E-state index contributed by atoms with van der Waals surface area (Å²) in [4.78, 5) is 2.59. The van der Waals surface area contributed by atoms with Gasteiger partial charge in [-0.25, -0.2) is 0 Å². The maximum Gasteiger partial charge on any atom is 0.0831 e. The summed E-state index contributed by atoms with van der Waals surface area (Å²) >= 11 is 0. The van der Waals surface area contributed by atoms with Gasteiger partial charge in [0, 0.05) is 31.7 Å². The van der Waals surface area contributed by atoms with Gasteiger partial charge in [-0.2, -0.15) is 0 Å². The molecule has 2 atom stereocenters. The number of aliphatic hydroxyl groups is 1. The van der Waals surface area contributed by atoms with Gasteiger partial charge in [0.15, 0.2) is 0 Å². The van der Waals surface area contributed by atoms with Crippen molar-refractivity contribution in [2.45, 2.75) is 43.9 Å². The van der Waals surface area contributed by atoms with Crippen LogP contribution < -0.4 is 5.32 Å². The van der Waals surface area contributed by atoms with Crippen LogP contribution in [0.25, 0.3) is 0 Å². The molecule has 80 valence electrons. The van der Waals surface area contributed by atoms with Gasteiger partial charge in [0.25, 0.3) is 0 Å². The fourth-order valence-corrected chi connectivity index (χ4v) is 2.55. The fraction of sp³-hybridized carbons (Fsp3) is 1.00. The van der Waals surface area contributed by atoms with Crippen LogP contribution in [-0.4, -0.2) is 47.8 Å². The lowest BCUT2D eigenvalue weighted by atomic mass is 10.1. The van der Waals surface area contributed by atoms with Crippen molar-refractivity contribution in [1.29, 1.82) is 0 Å². The summed E-state index contributed by atoms with van der Waals surface area (Å²) in [6.07, 6.45) is 5.42. The molecule has 3 heteroatoms. The zero-order chi connectivity index (χ0) is 9.54. The molecule has 3 nitrogen and oxygen atoms in total. The van der Waals surface area contributed by atoms with E-state index in [0.717, 1.165) is 25.0 Å². The molecular weight excluding hydrogens is 176 g/mol. The standard InChI is InChI=1S/C11H20N2O/c14-11-6-12-5-10(11)13(9-3-4-9)7-8-1-2-8/h8-12,14H,1-7H2. The number of rotatable bonds is 4. The van der Waals surface area contributed by atoms with E-state index in [2.05, 4.69) is 10.2 Å². The predicted molar refractivity (Wildman–Crippen MR) is 55.1 cm³/mol. The highest BCUT2D eigenvalue weighted by Gasteiger charge is 2.41. The lowest BCUT2D eigenvalue weighted by Gasteiger charge is -2.30. The van der Waals surface area contributed by atoms with Gasteiger partial charge in [0.1, 0.15) is 0 Å². The van der Waals surface area contributed by atoms with Gasteiger partial charge < -0.3 is 10.4 Å². The average molecular weight is 196 g/mol. The van der Waals surface area contributed by atoms with Gasteiger partial charge in [0.2, 0.25) is 0 Å². The third-order valence-electron chi connectivity index (χ3n) is 3.76. The minimum absolute atomic E-state index is 0.130. The van der Waals surface area contributed by atoms with Crippen molar-refractivity contribution in [2.24, 2.45) is 5.92 Å². The van der Waals surface area contributed by atoms with Gasteiger partial charge in [-0.05, 0) is 31.6 Å². The van der Waals surface area contributed by atoms with Crippen LogP contribution in [0.15, 0.2) is 0 Å². The predicted octanol–water partition coefficient (Wildman–Crippen LogP) is 0.193. The van der Waals surface area contributed by atoms with E-state index in [9.17, 15) is 5.11 Å². The average Bonchev–Trinajstić information content (AvgIpc) is 3.04. The Morgan fingerprint density at radius 1 is 1.14 bits per heavy atom. The van der Waals surface area contributed by atoms with E-state index in [1.807, 2.05) is 0 Å². The summed E-state index contributed by atoms with van der Waals surface area (Å²) in [7, 11) is 0. The summed E-state index contributed by atoms with van der Waals surface area (Å²) in [5.74, 6) is 0.948. The van der Waals surface area contributed by atoms with Crippen LogP contribution >= 0.6 is 0 Å². The molecule has 2 saturated carbocycles. The van der Waals surface area contributed by atoms with Crippen LogP contribution in [0.4, 0.5) is 0 Å². The molecule has 0 spiro atoms. The molecule has 1 aliphatic heterocycles. The summed E-state index contributed by atoms with van der Waals surface area (Å²) in [6, 6.07) is 1.21. The van der Waals surface area contributed by atoms with Gasteiger partial charge in [-0.1, -0.05) is 0 Å². The molecule has 3 aliphatic rings. The van der Waals surface area contributed by atoms with Crippen LogP contribution in [0.1, 0.15) is 25.7 Å². The second-order valence-electron chi connectivity index (χ2n) is 5.16. The molecule has 0 aromatic carbocycles. The first kappa shape index (κ1) is 9.13. The molecule has 1 heterocycles. The zero-order valence-electron chi connectivity index (χ0n) is 8.65. The van der Waals surface area contributed by atoms with Crippen LogP contribution in [-0.2, 0) is 0 Å². The minimum atomic E-state index is -0.130. The second kappa shape index (κ2) is 3.47. The lowest BCUT2D eigenvalue weighted by Crippen LogP contribution is -2.45. The Hall–Kier alpha value is -0.120. The van der Waals surface area contributed by atoms with Crippen molar-refractivity contribution < 1.29 is 5.11 Å². The summed E-state index contributed by atoms with van der Waals surface area (Å²) in [5.41, 5.74) is 0. The summed E-state index contributed by atoms with van der Waals surface area (Å²) in [6.45, 7) is 3.02. The van der Waals surface area contributed by atoms with Crippen LogP contribution in [0.3, 0.4) is 0 Å². The second-order valence-corrected chi connectivity index (χ2v) is 5.16. The maximum absolute atomic E-state index is 9.87. The number of nitrogens with one attached hydrogen (secondary N) is 1. The van der Waals surface area contributed by atoms with Crippen LogP contribution in [0.2, 0.25) is 0 Å². The van der Waals surface area contributed by atoms with Crippen LogP contribution in [0, 0.1) is 5.92 Å². The van der Waals surface area contributed by atoms with E-state index in [-0.39, 0.29) is 6.10 Å². The molecule has 14 heavy (non-hydrogen) atoms. The van der Waals surface area contributed by atoms with Gasteiger partial charge in [0.05, 0.1) is 6.10 Å². The number of hydrogen-bond donors (Lipinski definition) is 2. The summed E-state index contributed by atoms with van der Waals surface area (Å²) in [5, 5.41) is 13.2. The molecule has 0 aromatic heterocycles. The maximum atomic E-state index is 9.87. The van der Waals surface area contributed by atoms with E-state index in [1.165, 1.54) is 32.2 Å². The lowest BCUT2D eigenvalue weighted by molar-refractivity contribution is 0.0745. The van der Waals surface area contributed by atoms with Crippen molar-refractivity contribution >= 4 is 0 Å². The first-order valence-corrected chi connectivity index (χ1v) is 5.99. The molecule has 0 amide bonds. The highest BCUT2D eigenvalue weighted by Crippen LogP contribution is 2.36. The van der Waals surface area contributed by atoms with Crippen molar-refractivity contribution in [3.63, 3.8) is 0 Å². The number of aliphatic hydroxyl groups excluding tert-OH is 1. The first-order chi connectivity index (χ1) is 6.84. The molecular formula is C11H20N2O. The molecule has 3 fully saturated rings. The minimum Gasteiger partial charge on any atom is -0.390 e. The van der Waals surface area contributed by atoms with Crippen molar-refractivity contribution in [3.05, 3.63) is 0 Å². The van der Waals surface area contributed by atoms with Gasteiger partial charge >= 0.3 is 0 Å². The van der Waals surface area contributed by atoms with Crippen molar-refractivity contribution in [2.75, 3.05) is 19.6 Å². The molecule has 0 aromatic rings. The summed E-state index contributed by atoms with van der Waals surface area (Å²) < 4.78 is 0. The molecule has 2 unspecified atom stereocenters. The molecule has 0 bridgehead atoms. The SMILES string of the molecule is OC1CNCC1N(CC1CC1)C1CC1. The molecule has 2 aliphatic carbocycles. The Bertz CT molecular complexity index is 213. The Morgan fingerprint density at radius 2 is 1.93 bits per heavy atom. The normalized spacial score (nSPS) is 38.1. The highest BCUT2D eigenvalue weighted by atomic mass is 16.3.